The van der Waals surface area contributed by atoms with Gasteiger partial charge in [0.25, 0.3) is 0 Å². The van der Waals surface area contributed by atoms with Crippen LogP contribution in [0.2, 0.25) is 0 Å². The van der Waals surface area contributed by atoms with Crippen LogP contribution in [0.5, 0.6) is 0 Å². The number of carbonyl (C=O) groups is 1. The summed E-state index contributed by atoms with van der Waals surface area (Å²) in [6.45, 7) is 0. The first-order valence-corrected chi connectivity index (χ1v) is 6.93. The quantitative estimate of drug-likeness (QED) is 0.900. The molecule has 1 heterocycles. The Morgan fingerprint density at radius 1 is 1.50 bits per heavy atom. The molecule has 3 rings (SSSR count). The molecule has 1 unspecified atom stereocenters. The number of aromatic amines is 1. The van der Waals surface area contributed by atoms with E-state index in [9.17, 15) is 4.79 Å². The zero-order chi connectivity index (χ0) is 12.7. The highest BCUT2D eigenvalue weighted by atomic mass is 79.9. The third-order valence-electron chi connectivity index (χ3n) is 3.66. The van der Waals surface area contributed by atoms with Crippen LogP contribution in [0.4, 0.5) is 0 Å². The van der Waals surface area contributed by atoms with Gasteiger partial charge in [-0.15, -0.1) is 0 Å². The van der Waals surface area contributed by atoms with Gasteiger partial charge in [-0.2, -0.15) is 0 Å². The lowest BCUT2D eigenvalue weighted by Gasteiger charge is -2.13. The van der Waals surface area contributed by atoms with Crippen molar-refractivity contribution < 1.29 is 9.90 Å². The van der Waals surface area contributed by atoms with Crippen molar-refractivity contribution >= 4 is 32.8 Å². The molecule has 0 bridgehead atoms. The smallest absolute Gasteiger partial charge is 0.303 e. The van der Waals surface area contributed by atoms with Crippen LogP contribution in [-0.4, -0.2) is 16.1 Å². The molecule has 0 aliphatic heterocycles. The SMILES string of the molecule is O=C(O)CC(c1c[nH]c2cc(Br)ccc12)C1CC1. The van der Waals surface area contributed by atoms with E-state index < -0.39 is 5.97 Å². The molecule has 1 aliphatic rings. The molecule has 94 valence electrons. The Labute approximate surface area is 113 Å². The molecule has 18 heavy (non-hydrogen) atoms. The fraction of sp³-hybridized carbons (Fsp3) is 0.357. The number of aliphatic carboxylic acids is 1. The van der Waals surface area contributed by atoms with Gasteiger partial charge in [-0.25, -0.2) is 0 Å². The number of carboxylic acid groups (broad SMARTS) is 1. The summed E-state index contributed by atoms with van der Waals surface area (Å²) in [7, 11) is 0. The van der Waals surface area contributed by atoms with E-state index in [1.807, 2.05) is 18.3 Å². The number of carboxylic acids is 1. The summed E-state index contributed by atoms with van der Waals surface area (Å²) >= 11 is 3.45. The van der Waals surface area contributed by atoms with Gasteiger partial charge >= 0.3 is 5.97 Å². The monoisotopic (exact) mass is 307 g/mol. The first kappa shape index (κ1) is 11.8. The summed E-state index contributed by atoms with van der Waals surface area (Å²) in [5.74, 6) is -0.0143. The molecule has 1 saturated carbocycles. The summed E-state index contributed by atoms with van der Waals surface area (Å²) in [6, 6.07) is 6.09. The van der Waals surface area contributed by atoms with E-state index in [0.29, 0.717) is 5.92 Å². The zero-order valence-corrected chi connectivity index (χ0v) is 11.4. The highest BCUT2D eigenvalue weighted by Crippen LogP contribution is 2.46. The molecule has 0 saturated heterocycles. The topological polar surface area (TPSA) is 53.1 Å². The zero-order valence-electron chi connectivity index (χ0n) is 9.82. The van der Waals surface area contributed by atoms with Crippen LogP contribution in [0, 0.1) is 5.92 Å². The number of benzene rings is 1. The lowest BCUT2D eigenvalue weighted by atomic mass is 9.91. The minimum Gasteiger partial charge on any atom is -0.481 e. The van der Waals surface area contributed by atoms with Crippen LogP contribution >= 0.6 is 15.9 Å². The maximum absolute atomic E-state index is 11.0. The van der Waals surface area contributed by atoms with Gasteiger partial charge in [-0.05, 0) is 42.4 Å². The molecular formula is C14H14BrNO2. The second-order valence-electron chi connectivity index (χ2n) is 4.98. The molecule has 1 aromatic carbocycles. The van der Waals surface area contributed by atoms with E-state index in [4.69, 9.17) is 5.11 Å². The van der Waals surface area contributed by atoms with Crippen molar-refractivity contribution in [2.45, 2.75) is 25.2 Å². The number of hydrogen-bond acceptors (Lipinski definition) is 1. The predicted octanol–water partition coefficient (Wildman–Crippen LogP) is 3.90. The van der Waals surface area contributed by atoms with Gasteiger partial charge in [0.05, 0.1) is 6.42 Å². The van der Waals surface area contributed by atoms with Crippen LogP contribution in [-0.2, 0) is 4.79 Å². The maximum Gasteiger partial charge on any atom is 0.303 e. The number of rotatable bonds is 4. The number of aromatic nitrogens is 1. The summed E-state index contributed by atoms with van der Waals surface area (Å²) in [4.78, 5) is 14.3. The minimum atomic E-state index is -0.710. The summed E-state index contributed by atoms with van der Waals surface area (Å²) in [5.41, 5.74) is 2.22. The summed E-state index contributed by atoms with van der Waals surface area (Å²) in [5, 5.41) is 10.2. The second kappa shape index (κ2) is 4.43. The first-order valence-electron chi connectivity index (χ1n) is 6.13. The highest BCUT2D eigenvalue weighted by molar-refractivity contribution is 9.10. The molecule has 1 fully saturated rings. The molecule has 2 N–H and O–H groups in total. The molecule has 0 radical (unpaired) electrons. The van der Waals surface area contributed by atoms with Gasteiger partial charge in [0.15, 0.2) is 0 Å². The van der Waals surface area contributed by atoms with E-state index in [1.165, 1.54) is 0 Å². The Morgan fingerprint density at radius 3 is 2.94 bits per heavy atom. The molecule has 1 aromatic heterocycles. The molecule has 2 aromatic rings. The van der Waals surface area contributed by atoms with Gasteiger partial charge < -0.3 is 10.1 Å². The molecule has 1 aliphatic carbocycles. The Bertz CT molecular complexity index is 601. The largest absolute Gasteiger partial charge is 0.481 e. The molecule has 3 nitrogen and oxygen atoms in total. The maximum atomic E-state index is 11.0. The van der Waals surface area contributed by atoms with E-state index in [-0.39, 0.29) is 12.3 Å². The molecule has 1 atom stereocenters. The van der Waals surface area contributed by atoms with Crippen LogP contribution in [0.3, 0.4) is 0 Å². The number of halogens is 1. The molecule has 0 spiro atoms. The second-order valence-corrected chi connectivity index (χ2v) is 5.89. The van der Waals surface area contributed by atoms with Crippen molar-refractivity contribution in [2.24, 2.45) is 5.92 Å². The Kier molecular flexibility index (Phi) is 2.90. The summed E-state index contributed by atoms with van der Waals surface area (Å²) < 4.78 is 1.03. The van der Waals surface area contributed by atoms with Crippen LogP contribution in [0.25, 0.3) is 10.9 Å². The number of fused-ring (bicyclic) bond motifs is 1. The summed E-state index contributed by atoms with van der Waals surface area (Å²) in [6.07, 6.45) is 4.51. The Morgan fingerprint density at radius 2 is 2.28 bits per heavy atom. The fourth-order valence-corrected chi connectivity index (χ4v) is 3.01. The standard InChI is InChI=1S/C14H14BrNO2/c15-9-3-4-10-12(7-16-13(10)5-9)11(6-14(17)18)8-1-2-8/h3-5,7-8,11,16H,1-2,6H2,(H,17,18). The number of hydrogen-bond donors (Lipinski definition) is 2. The van der Waals surface area contributed by atoms with Gasteiger partial charge in [0.2, 0.25) is 0 Å². The normalized spacial score (nSPS) is 16.9. The van der Waals surface area contributed by atoms with Crippen LogP contribution in [0.1, 0.15) is 30.7 Å². The number of H-pyrrole nitrogens is 1. The first-order chi connectivity index (χ1) is 8.65. The van der Waals surface area contributed by atoms with Gasteiger partial charge in [0.1, 0.15) is 0 Å². The van der Waals surface area contributed by atoms with Crippen LogP contribution in [0.15, 0.2) is 28.9 Å². The van der Waals surface area contributed by atoms with Crippen molar-refractivity contribution in [3.63, 3.8) is 0 Å². The van der Waals surface area contributed by atoms with Crippen molar-refractivity contribution in [3.05, 3.63) is 34.4 Å². The van der Waals surface area contributed by atoms with E-state index >= 15 is 0 Å². The van der Waals surface area contributed by atoms with Gasteiger partial charge in [0, 0.05) is 21.6 Å². The van der Waals surface area contributed by atoms with Crippen LogP contribution < -0.4 is 0 Å². The third kappa shape index (κ3) is 2.17. The van der Waals surface area contributed by atoms with E-state index in [2.05, 4.69) is 27.0 Å². The van der Waals surface area contributed by atoms with Gasteiger partial charge in [-0.3, -0.25) is 4.79 Å². The van der Waals surface area contributed by atoms with Crippen molar-refractivity contribution in [2.75, 3.05) is 0 Å². The van der Waals surface area contributed by atoms with Crippen molar-refractivity contribution in [1.82, 2.24) is 4.98 Å². The molecule has 4 heteroatoms. The van der Waals surface area contributed by atoms with E-state index in [1.54, 1.807) is 0 Å². The minimum absolute atomic E-state index is 0.150. The average Bonchev–Trinajstić information content (AvgIpc) is 3.07. The molecular weight excluding hydrogens is 294 g/mol. The molecule has 0 amide bonds. The van der Waals surface area contributed by atoms with E-state index in [0.717, 1.165) is 33.8 Å². The fourth-order valence-electron chi connectivity index (χ4n) is 2.64. The van der Waals surface area contributed by atoms with Gasteiger partial charge in [-0.1, -0.05) is 22.0 Å². The van der Waals surface area contributed by atoms with Crippen molar-refractivity contribution in [1.29, 1.82) is 0 Å². The Balaban J connectivity index is 2.03. The lowest BCUT2D eigenvalue weighted by molar-refractivity contribution is -0.137. The predicted molar refractivity (Wildman–Crippen MR) is 73.7 cm³/mol. The lowest BCUT2D eigenvalue weighted by Crippen LogP contribution is -2.07. The van der Waals surface area contributed by atoms with Crippen molar-refractivity contribution in [3.8, 4) is 0 Å². The Hall–Kier alpha value is -1.29. The number of nitrogens with one attached hydrogen (secondary N) is 1. The highest BCUT2D eigenvalue weighted by Gasteiger charge is 2.34. The third-order valence-corrected chi connectivity index (χ3v) is 4.15. The average molecular weight is 308 g/mol.